The highest BCUT2D eigenvalue weighted by Gasteiger charge is 2.25. The van der Waals surface area contributed by atoms with E-state index < -0.39 is 11.1 Å². The first-order valence-electron chi connectivity index (χ1n) is 7.67. The van der Waals surface area contributed by atoms with Gasteiger partial charge in [-0.1, -0.05) is 15.9 Å². The van der Waals surface area contributed by atoms with Gasteiger partial charge in [0.2, 0.25) is 0 Å². The van der Waals surface area contributed by atoms with Crippen LogP contribution in [0.2, 0.25) is 0 Å². The molecule has 3 rings (SSSR count). The Kier molecular flexibility index (Phi) is 5.82. The fourth-order valence-corrected chi connectivity index (χ4v) is 3.26. The molecule has 0 aromatic heterocycles. The minimum absolute atomic E-state index is 0.101. The van der Waals surface area contributed by atoms with Crippen LogP contribution in [0.1, 0.15) is 5.56 Å². The van der Waals surface area contributed by atoms with Crippen molar-refractivity contribution in [1.82, 2.24) is 5.32 Å². The van der Waals surface area contributed by atoms with Crippen molar-refractivity contribution < 1.29 is 24.2 Å². The van der Waals surface area contributed by atoms with Crippen molar-refractivity contribution in [3.63, 3.8) is 0 Å². The molecule has 0 unspecified atom stereocenters. The molecule has 0 bridgehead atoms. The maximum Gasteiger partial charge on any atom is 0.290 e. The van der Waals surface area contributed by atoms with Crippen LogP contribution in [0, 0.1) is 0 Å². The normalized spacial score (nSPS) is 14.9. The molecule has 0 aliphatic carbocycles. The summed E-state index contributed by atoms with van der Waals surface area (Å²) in [6.45, 7) is -0.253. The minimum atomic E-state index is -0.471. The minimum Gasteiger partial charge on any atom is -0.508 e. The summed E-state index contributed by atoms with van der Waals surface area (Å²) in [7, 11) is 0. The zero-order chi connectivity index (χ0) is 19.4. The summed E-state index contributed by atoms with van der Waals surface area (Å²) in [6, 6.07) is 11.2. The third-order valence-corrected chi connectivity index (χ3v) is 4.71. The molecule has 0 atom stereocenters. The summed E-state index contributed by atoms with van der Waals surface area (Å²) in [5.74, 6) is -0.366. The van der Waals surface area contributed by atoms with Gasteiger partial charge < -0.3 is 15.2 Å². The number of thioether (sulfide) groups is 1. The Labute approximate surface area is 166 Å². The number of carbonyl (C=O) groups excluding carboxylic acids is 3. The van der Waals surface area contributed by atoms with Crippen molar-refractivity contribution in [1.29, 1.82) is 0 Å². The molecule has 9 heteroatoms. The lowest BCUT2D eigenvalue weighted by Crippen LogP contribution is -2.20. The van der Waals surface area contributed by atoms with Gasteiger partial charge in [-0.25, -0.2) is 0 Å². The molecule has 0 spiro atoms. The maximum absolute atomic E-state index is 12.1. The molecule has 1 aliphatic heterocycles. The Morgan fingerprint density at radius 2 is 1.96 bits per heavy atom. The number of amides is 3. The van der Waals surface area contributed by atoms with Gasteiger partial charge in [0.1, 0.15) is 11.5 Å². The van der Waals surface area contributed by atoms with Crippen LogP contribution in [0.3, 0.4) is 0 Å². The highest BCUT2D eigenvalue weighted by Crippen LogP contribution is 2.31. The number of ether oxygens (including phenoxy) is 1. The van der Waals surface area contributed by atoms with E-state index in [1.807, 2.05) is 0 Å². The van der Waals surface area contributed by atoms with E-state index >= 15 is 0 Å². The molecule has 7 nitrogen and oxygen atoms in total. The summed E-state index contributed by atoms with van der Waals surface area (Å²) in [6.07, 6.45) is 1.53. The monoisotopic (exact) mass is 448 g/mol. The predicted molar refractivity (Wildman–Crippen MR) is 105 cm³/mol. The van der Waals surface area contributed by atoms with E-state index in [2.05, 4.69) is 26.6 Å². The van der Waals surface area contributed by atoms with Gasteiger partial charge in [-0.05, 0) is 60.3 Å². The second-order valence-corrected chi connectivity index (χ2v) is 7.35. The molecule has 0 radical (unpaired) electrons. The summed E-state index contributed by atoms with van der Waals surface area (Å²) in [5, 5.41) is 13.6. The molecule has 2 aromatic rings. The molecular weight excluding hydrogens is 436 g/mol. The Hall–Kier alpha value is -2.78. The standard InChI is InChI=1S/C18H13BrN2O5S/c19-11-1-6-14(10(7-11)8-15-17(24)21-18(25)27-15)26-9-16(23)20-12-2-4-13(22)5-3-12/h1-8,22H,9H2,(H,20,23)(H,21,24,25)/b15-8-. The number of phenolic OH excluding ortho intramolecular Hbond substituents is 1. The van der Waals surface area contributed by atoms with Crippen molar-refractivity contribution in [2.75, 3.05) is 11.9 Å². The van der Waals surface area contributed by atoms with Crippen molar-refractivity contribution in [2.24, 2.45) is 0 Å². The summed E-state index contributed by atoms with van der Waals surface area (Å²) in [5.41, 5.74) is 1.08. The molecule has 27 heavy (non-hydrogen) atoms. The number of carbonyl (C=O) groups is 3. The quantitative estimate of drug-likeness (QED) is 0.477. The lowest BCUT2D eigenvalue weighted by Gasteiger charge is -2.11. The predicted octanol–water partition coefficient (Wildman–Crippen LogP) is 3.50. The summed E-state index contributed by atoms with van der Waals surface area (Å²) >= 11 is 4.15. The van der Waals surface area contributed by atoms with Crippen molar-refractivity contribution in [3.8, 4) is 11.5 Å². The van der Waals surface area contributed by atoms with Gasteiger partial charge in [0, 0.05) is 15.7 Å². The number of aromatic hydroxyl groups is 1. The van der Waals surface area contributed by atoms with Gasteiger partial charge in [-0.15, -0.1) is 0 Å². The fourth-order valence-electron chi connectivity index (χ4n) is 2.21. The molecule has 3 amide bonds. The van der Waals surface area contributed by atoms with Crippen molar-refractivity contribution in [3.05, 3.63) is 57.4 Å². The number of imide groups is 1. The molecule has 1 heterocycles. The number of rotatable bonds is 5. The van der Waals surface area contributed by atoms with E-state index in [0.29, 0.717) is 17.0 Å². The number of hydrogen-bond donors (Lipinski definition) is 3. The number of benzene rings is 2. The van der Waals surface area contributed by atoms with Gasteiger partial charge in [0.15, 0.2) is 6.61 Å². The molecule has 2 aromatic carbocycles. The Morgan fingerprint density at radius 1 is 1.22 bits per heavy atom. The average molecular weight is 449 g/mol. The number of phenols is 1. The van der Waals surface area contributed by atoms with E-state index in [-0.39, 0.29) is 23.2 Å². The molecule has 1 saturated heterocycles. The molecule has 3 N–H and O–H groups in total. The zero-order valence-corrected chi connectivity index (χ0v) is 16.1. The summed E-state index contributed by atoms with van der Waals surface area (Å²) < 4.78 is 6.32. The van der Waals surface area contributed by atoms with Gasteiger partial charge in [-0.3, -0.25) is 19.7 Å². The second kappa shape index (κ2) is 8.28. The molecule has 138 valence electrons. The van der Waals surface area contributed by atoms with Crippen LogP contribution >= 0.6 is 27.7 Å². The van der Waals surface area contributed by atoms with Gasteiger partial charge in [-0.2, -0.15) is 0 Å². The average Bonchev–Trinajstić information content (AvgIpc) is 2.93. The largest absolute Gasteiger partial charge is 0.508 e. The van der Waals surface area contributed by atoms with E-state index in [1.54, 1.807) is 30.3 Å². The maximum atomic E-state index is 12.1. The first-order chi connectivity index (χ1) is 12.9. The van der Waals surface area contributed by atoms with Crippen LogP contribution in [0.4, 0.5) is 10.5 Å². The molecule has 1 aliphatic rings. The van der Waals surface area contributed by atoms with Crippen molar-refractivity contribution >= 4 is 56.5 Å². The van der Waals surface area contributed by atoms with Crippen LogP contribution in [0.25, 0.3) is 6.08 Å². The Balaban J connectivity index is 1.70. The van der Waals surface area contributed by atoms with E-state index in [9.17, 15) is 19.5 Å². The smallest absolute Gasteiger partial charge is 0.290 e. The number of halogens is 1. The van der Waals surface area contributed by atoms with Crippen molar-refractivity contribution in [2.45, 2.75) is 0 Å². The number of hydrogen-bond acceptors (Lipinski definition) is 6. The van der Waals surface area contributed by atoms with Gasteiger partial charge >= 0.3 is 0 Å². The second-order valence-electron chi connectivity index (χ2n) is 5.42. The van der Waals surface area contributed by atoms with Crippen LogP contribution in [-0.2, 0) is 9.59 Å². The highest BCUT2D eigenvalue weighted by molar-refractivity contribution is 9.10. The fraction of sp³-hybridized carbons (Fsp3) is 0.0556. The zero-order valence-electron chi connectivity index (χ0n) is 13.7. The Morgan fingerprint density at radius 3 is 2.63 bits per heavy atom. The van der Waals surface area contributed by atoms with E-state index in [0.717, 1.165) is 16.2 Å². The third kappa shape index (κ3) is 5.11. The SMILES string of the molecule is O=C(COc1ccc(Br)cc1/C=C1\SC(=O)NC1=O)Nc1ccc(O)cc1. The van der Waals surface area contributed by atoms with Gasteiger partial charge in [0.05, 0.1) is 4.91 Å². The molecular formula is C18H13BrN2O5S. The molecule has 1 fully saturated rings. The highest BCUT2D eigenvalue weighted by atomic mass is 79.9. The van der Waals surface area contributed by atoms with Crippen LogP contribution in [0.5, 0.6) is 11.5 Å². The topological polar surface area (TPSA) is 105 Å². The summed E-state index contributed by atoms with van der Waals surface area (Å²) in [4.78, 5) is 35.3. The van der Waals surface area contributed by atoms with E-state index in [1.165, 1.54) is 18.2 Å². The first-order valence-corrected chi connectivity index (χ1v) is 9.28. The number of anilines is 1. The number of nitrogens with one attached hydrogen (secondary N) is 2. The lowest BCUT2D eigenvalue weighted by atomic mass is 10.2. The molecule has 0 saturated carbocycles. The van der Waals surface area contributed by atoms with Crippen LogP contribution in [0.15, 0.2) is 51.8 Å². The van der Waals surface area contributed by atoms with Gasteiger partial charge in [0.25, 0.3) is 17.1 Å². The Bertz CT molecular complexity index is 943. The van der Waals surface area contributed by atoms with Crippen LogP contribution < -0.4 is 15.4 Å². The third-order valence-electron chi connectivity index (χ3n) is 3.41. The van der Waals surface area contributed by atoms with Crippen LogP contribution in [-0.4, -0.2) is 28.8 Å². The lowest BCUT2D eigenvalue weighted by molar-refractivity contribution is -0.118. The van der Waals surface area contributed by atoms with E-state index in [4.69, 9.17) is 4.74 Å². The first kappa shape index (κ1) is 19.0.